The molecule has 134 valence electrons. The summed E-state index contributed by atoms with van der Waals surface area (Å²) in [4.78, 5) is 20.7. The molecule has 0 bridgehead atoms. The van der Waals surface area contributed by atoms with E-state index in [-0.39, 0.29) is 11.9 Å². The van der Waals surface area contributed by atoms with Gasteiger partial charge in [-0.1, -0.05) is 38.3 Å². The molecule has 1 amide bonds. The Balaban J connectivity index is 2.37. The predicted octanol–water partition coefficient (Wildman–Crippen LogP) is 3.35. The number of nitrogens with two attached hydrogens (primary N) is 1. The van der Waals surface area contributed by atoms with Gasteiger partial charge in [-0.05, 0) is 25.5 Å². The van der Waals surface area contributed by atoms with Gasteiger partial charge in [-0.3, -0.25) is 4.79 Å². The van der Waals surface area contributed by atoms with Crippen molar-refractivity contribution < 1.29 is 9.53 Å². The van der Waals surface area contributed by atoms with Crippen molar-refractivity contribution in [1.82, 2.24) is 15.3 Å². The highest BCUT2D eigenvalue weighted by Gasteiger charge is 2.20. The maximum absolute atomic E-state index is 12.3. The Morgan fingerprint density at radius 2 is 1.96 bits per heavy atom. The van der Waals surface area contributed by atoms with Gasteiger partial charge in [-0.15, -0.1) is 0 Å². The smallest absolute Gasteiger partial charge is 0.255 e. The molecule has 6 nitrogen and oxygen atoms in total. The Hall–Kier alpha value is -2.63. The van der Waals surface area contributed by atoms with E-state index in [1.807, 2.05) is 24.3 Å². The van der Waals surface area contributed by atoms with Crippen LogP contribution in [0.1, 0.15) is 48.7 Å². The van der Waals surface area contributed by atoms with Crippen LogP contribution >= 0.6 is 0 Å². The maximum Gasteiger partial charge on any atom is 0.255 e. The first kappa shape index (κ1) is 18.7. The van der Waals surface area contributed by atoms with Crippen LogP contribution in [0.4, 0.5) is 5.95 Å². The fourth-order valence-corrected chi connectivity index (χ4v) is 2.69. The number of aromatic nitrogens is 2. The highest BCUT2D eigenvalue weighted by molar-refractivity contribution is 6.01. The molecule has 0 fully saturated rings. The number of rotatable bonds is 8. The number of carbonyl (C=O) groups excluding carboxylic acids is 1. The van der Waals surface area contributed by atoms with Crippen LogP contribution in [0.15, 0.2) is 24.3 Å². The Kier molecular flexibility index (Phi) is 6.74. The molecule has 0 unspecified atom stereocenters. The quantitative estimate of drug-likeness (QED) is 0.718. The van der Waals surface area contributed by atoms with E-state index >= 15 is 0 Å². The van der Waals surface area contributed by atoms with E-state index in [0.717, 1.165) is 18.4 Å². The largest absolute Gasteiger partial charge is 0.493 e. The molecule has 0 saturated heterocycles. The highest BCUT2D eigenvalue weighted by Crippen LogP contribution is 2.32. The molecule has 1 aromatic carbocycles. The second-order valence-electron chi connectivity index (χ2n) is 5.88. The summed E-state index contributed by atoms with van der Waals surface area (Å²) >= 11 is 0. The standard InChI is InChI=1S/C19H26N4O2/c1-4-5-6-9-12-25-15-11-8-7-10-14(15)17-16(18(24)21-3)13(2)22-19(20)23-17/h7-8,10-11H,4-6,9,12H2,1-3H3,(H,21,24)(H2,20,22,23). The third-order valence-corrected chi connectivity index (χ3v) is 3.96. The number of aryl methyl sites for hydroxylation is 1. The van der Waals surface area contributed by atoms with Gasteiger partial charge in [0, 0.05) is 12.6 Å². The Morgan fingerprint density at radius 1 is 1.20 bits per heavy atom. The lowest BCUT2D eigenvalue weighted by atomic mass is 10.0. The molecule has 6 heteroatoms. The van der Waals surface area contributed by atoms with Crippen LogP contribution in [0.5, 0.6) is 5.75 Å². The number of para-hydroxylation sites is 1. The minimum Gasteiger partial charge on any atom is -0.493 e. The van der Waals surface area contributed by atoms with Gasteiger partial charge in [-0.2, -0.15) is 0 Å². The SMILES string of the molecule is CCCCCCOc1ccccc1-c1nc(N)nc(C)c1C(=O)NC. The van der Waals surface area contributed by atoms with E-state index in [1.54, 1.807) is 14.0 Å². The topological polar surface area (TPSA) is 90.1 Å². The van der Waals surface area contributed by atoms with Crippen LogP contribution in [0.3, 0.4) is 0 Å². The molecule has 2 aromatic rings. The van der Waals surface area contributed by atoms with Crippen LogP contribution in [0.25, 0.3) is 11.3 Å². The molecule has 2 rings (SSSR count). The second kappa shape index (κ2) is 9.01. The normalized spacial score (nSPS) is 10.5. The van der Waals surface area contributed by atoms with Gasteiger partial charge < -0.3 is 15.8 Å². The number of benzene rings is 1. The number of ether oxygens (including phenoxy) is 1. The minimum atomic E-state index is -0.245. The lowest BCUT2D eigenvalue weighted by Crippen LogP contribution is -2.22. The zero-order valence-electron chi connectivity index (χ0n) is 15.1. The van der Waals surface area contributed by atoms with E-state index in [2.05, 4.69) is 22.2 Å². The molecule has 0 aliphatic rings. The van der Waals surface area contributed by atoms with Crippen molar-refractivity contribution in [2.45, 2.75) is 39.5 Å². The number of amides is 1. The fourth-order valence-electron chi connectivity index (χ4n) is 2.69. The third-order valence-electron chi connectivity index (χ3n) is 3.96. The molecular weight excluding hydrogens is 316 g/mol. The highest BCUT2D eigenvalue weighted by atomic mass is 16.5. The Morgan fingerprint density at radius 3 is 2.68 bits per heavy atom. The van der Waals surface area contributed by atoms with Crippen LogP contribution in [0, 0.1) is 6.92 Å². The number of carbonyl (C=O) groups is 1. The molecule has 0 saturated carbocycles. The average Bonchev–Trinajstić information content (AvgIpc) is 2.60. The Labute approximate surface area is 148 Å². The first-order valence-corrected chi connectivity index (χ1v) is 8.66. The van der Waals surface area contributed by atoms with E-state index < -0.39 is 0 Å². The van der Waals surface area contributed by atoms with Gasteiger partial charge >= 0.3 is 0 Å². The van der Waals surface area contributed by atoms with Gasteiger partial charge in [0.05, 0.1) is 23.6 Å². The van der Waals surface area contributed by atoms with Gasteiger partial charge in [-0.25, -0.2) is 9.97 Å². The van der Waals surface area contributed by atoms with Crippen molar-refractivity contribution in [2.24, 2.45) is 0 Å². The number of hydrogen-bond acceptors (Lipinski definition) is 5. The van der Waals surface area contributed by atoms with E-state index in [1.165, 1.54) is 12.8 Å². The van der Waals surface area contributed by atoms with Crippen molar-refractivity contribution in [3.8, 4) is 17.0 Å². The van der Waals surface area contributed by atoms with Crippen molar-refractivity contribution in [2.75, 3.05) is 19.4 Å². The molecule has 25 heavy (non-hydrogen) atoms. The van der Waals surface area contributed by atoms with Gasteiger partial charge in [0.2, 0.25) is 5.95 Å². The minimum absolute atomic E-state index is 0.137. The zero-order chi connectivity index (χ0) is 18.2. The van der Waals surface area contributed by atoms with Crippen molar-refractivity contribution in [1.29, 1.82) is 0 Å². The third kappa shape index (κ3) is 4.68. The average molecular weight is 342 g/mol. The number of anilines is 1. The van der Waals surface area contributed by atoms with E-state index in [9.17, 15) is 4.79 Å². The summed E-state index contributed by atoms with van der Waals surface area (Å²) in [6.45, 7) is 4.56. The lowest BCUT2D eigenvalue weighted by Gasteiger charge is -2.15. The molecule has 1 aromatic heterocycles. The van der Waals surface area contributed by atoms with Crippen molar-refractivity contribution in [3.63, 3.8) is 0 Å². The fraction of sp³-hybridized carbons (Fsp3) is 0.421. The molecule has 0 radical (unpaired) electrons. The van der Waals surface area contributed by atoms with Crippen LogP contribution < -0.4 is 15.8 Å². The van der Waals surface area contributed by atoms with Crippen LogP contribution in [0.2, 0.25) is 0 Å². The van der Waals surface area contributed by atoms with E-state index in [4.69, 9.17) is 10.5 Å². The second-order valence-corrected chi connectivity index (χ2v) is 5.88. The summed E-state index contributed by atoms with van der Waals surface area (Å²) in [7, 11) is 1.58. The first-order valence-electron chi connectivity index (χ1n) is 8.66. The molecule has 3 N–H and O–H groups in total. The monoisotopic (exact) mass is 342 g/mol. The van der Waals surface area contributed by atoms with Gasteiger partial charge in [0.1, 0.15) is 5.75 Å². The summed E-state index contributed by atoms with van der Waals surface area (Å²) in [6, 6.07) is 7.56. The number of hydrogen-bond donors (Lipinski definition) is 2. The number of nitrogens with one attached hydrogen (secondary N) is 1. The predicted molar refractivity (Wildman–Crippen MR) is 99.6 cm³/mol. The molecule has 0 atom stereocenters. The number of nitrogens with zero attached hydrogens (tertiary/aromatic N) is 2. The molecular formula is C19H26N4O2. The summed E-state index contributed by atoms with van der Waals surface area (Å²) in [5.74, 6) is 0.588. The summed E-state index contributed by atoms with van der Waals surface area (Å²) in [5.41, 5.74) is 8.01. The Bertz CT molecular complexity index is 731. The molecule has 1 heterocycles. The molecule has 0 aliphatic heterocycles. The van der Waals surface area contributed by atoms with Crippen molar-refractivity contribution >= 4 is 11.9 Å². The zero-order valence-corrected chi connectivity index (χ0v) is 15.1. The van der Waals surface area contributed by atoms with Crippen LogP contribution in [-0.2, 0) is 0 Å². The molecule has 0 aliphatic carbocycles. The molecule has 0 spiro atoms. The number of unbranched alkanes of at least 4 members (excludes halogenated alkanes) is 3. The van der Waals surface area contributed by atoms with Gasteiger partial charge in [0.15, 0.2) is 0 Å². The van der Waals surface area contributed by atoms with Crippen molar-refractivity contribution in [3.05, 3.63) is 35.5 Å². The van der Waals surface area contributed by atoms with Crippen LogP contribution in [-0.4, -0.2) is 29.5 Å². The summed E-state index contributed by atoms with van der Waals surface area (Å²) in [6.07, 6.45) is 4.52. The van der Waals surface area contributed by atoms with Gasteiger partial charge in [0.25, 0.3) is 5.91 Å². The first-order chi connectivity index (χ1) is 12.1. The summed E-state index contributed by atoms with van der Waals surface area (Å²) in [5, 5.41) is 2.64. The summed E-state index contributed by atoms with van der Waals surface area (Å²) < 4.78 is 5.95. The maximum atomic E-state index is 12.3. The van der Waals surface area contributed by atoms with E-state index in [0.29, 0.717) is 29.3 Å². The lowest BCUT2D eigenvalue weighted by molar-refractivity contribution is 0.0962. The number of nitrogen functional groups attached to an aromatic ring is 1.